The first-order chi connectivity index (χ1) is 6.90. The van der Waals surface area contributed by atoms with Crippen molar-refractivity contribution in [2.24, 2.45) is 0 Å². The number of thiophene rings is 1. The summed E-state index contributed by atoms with van der Waals surface area (Å²) in [7, 11) is 1.95. The minimum atomic E-state index is 0.978. The lowest BCUT2D eigenvalue weighted by molar-refractivity contribution is 0.772. The van der Waals surface area contributed by atoms with Crippen molar-refractivity contribution in [1.29, 1.82) is 0 Å². The monoisotopic (exact) mass is 207 g/mol. The third kappa shape index (κ3) is 2.02. The summed E-state index contributed by atoms with van der Waals surface area (Å²) in [5.41, 5.74) is 2.23. The van der Waals surface area contributed by atoms with Gasteiger partial charge in [0, 0.05) is 18.7 Å². The van der Waals surface area contributed by atoms with Crippen LogP contribution < -0.4 is 5.32 Å². The maximum absolute atomic E-state index is 4.27. The first-order valence-electron chi connectivity index (χ1n) is 4.63. The summed E-state index contributed by atoms with van der Waals surface area (Å²) < 4.78 is 0. The Hall–Kier alpha value is -1.13. The fourth-order valence-electron chi connectivity index (χ4n) is 1.30. The third-order valence-electron chi connectivity index (χ3n) is 2.05. The average Bonchev–Trinajstić information content (AvgIpc) is 2.85. The van der Waals surface area contributed by atoms with Crippen LogP contribution in [0.3, 0.4) is 0 Å². The van der Waals surface area contributed by atoms with E-state index in [1.54, 1.807) is 11.3 Å². The number of aromatic nitrogens is 2. The highest BCUT2D eigenvalue weighted by Crippen LogP contribution is 2.22. The molecule has 0 spiro atoms. The first kappa shape index (κ1) is 9.43. The van der Waals surface area contributed by atoms with Crippen molar-refractivity contribution in [1.82, 2.24) is 15.5 Å². The maximum atomic E-state index is 4.27. The van der Waals surface area contributed by atoms with E-state index in [4.69, 9.17) is 0 Å². The second-order valence-electron chi connectivity index (χ2n) is 3.11. The molecule has 2 aromatic rings. The Kier molecular flexibility index (Phi) is 2.96. The molecule has 0 aliphatic rings. The maximum Gasteiger partial charge on any atom is 0.102 e. The number of nitrogens with zero attached hydrogens (tertiary/aromatic N) is 1. The minimum Gasteiger partial charge on any atom is -0.319 e. The number of aromatic amines is 1. The Balaban J connectivity index is 2.10. The molecule has 4 heteroatoms. The van der Waals surface area contributed by atoms with Crippen molar-refractivity contribution < 1.29 is 0 Å². The van der Waals surface area contributed by atoms with Crippen molar-refractivity contribution in [3.63, 3.8) is 0 Å². The number of nitrogens with one attached hydrogen (secondary N) is 2. The van der Waals surface area contributed by atoms with Crippen molar-refractivity contribution >= 4 is 11.3 Å². The molecule has 0 saturated heterocycles. The second-order valence-corrected chi connectivity index (χ2v) is 4.06. The van der Waals surface area contributed by atoms with Gasteiger partial charge in [-0.15, -0.1) is 11.3 Å². The number of rotatable bonds is 4. The van der Waals surface area contributed by atoms with Crippen molar-refractivity contribution in [3.05, 3.63) is 29.3 Å². The Labute approximate surface area is 87.2 Å². The van der Waals surface area contributed by atoms with E-state index in [0.29, 0.717) is 0 Å². The summed E-state index contributed by atoms with van der Waals surface area (Å²) in [6.07, 6.45) is 0.995. The van der Waals surface area contributed by atoms with Crippen LogP contribution in [0.4, 0.5) is 0 Å². The molecule has 2 heterocycles. The summed E-state index contributed by atoms with van der Waals surface area (Å²) >= 11 is 1.72. The van der Waals surface area contributed by atoms with Crippen LogP contribution in [0.1, 0.15) is 5.69 Å². The second kappa shape index (κ2) is 4.39. The predicted octanol–water partition coefficient (Wildman–Crippen LogP) is 1.90. The molecule has 0 radical (unpaired) electrons. The Morgan fingerprint density at radius 1 is 1.57 bits per heavy atom. The highest BCUT2D eigenvalue weighted by molar-refractivity contribution is 7.13. The highest BCUT2D eigenvalue weighted by atomic mass is 32.1. The van der Waals surface area contributed by atoms with Gasteiger partial charge in [-0.25, -0.2) is 0 Å². The zero-order chi connectivity index (χ0) is 9.80. The van der Waals surface area contributed by atoms with E-state index >= 15 is 0 Å². The number of hydrogen-bond acceptors (Lipinski definition) is 3. The van der Waals surface area contributed by atoms with Gasteiger partial charge in [0.1, 0.15) is 5.69 Å². The summed E-state index contributed by atoms with van der Waals surface area (Å²) in [4.78, 5) is 1.22. The van der Waals surface area contributed by atoms with Gasteiger partial charge in [0.25, 0.3) is 0 Å². The standard InChI is InChI=1S/C10H13N3S/c1-11-5-4-8-7-9(13-12-8)10-3-2-6-14-10/h2-3,6-7,11H,4-5H2,1H3,(H,12,13). The van der Waals surface area contributed by atoms with Gasteiger partial charge in [-0.05, 0) is 24.6 Å². The van der Waals surface area contributed by atoms with E-state index in [2.05, 4.69) is 33.0 Å². The van der Waals surface area contributed by atoms with Gasteiger partial charge < -0.3 is 5.32 Å². The SMILES string of the molecule is CNCCc1cc(-c2cccs2)n[nH]1. The smallest absolute Gasteiger partial charge is 0.102 e. The van der Waals surface area contributed by atoms with Gasteiger partial charge in [-0.3, -0.25) is 5.10 Å². The lowest BCUT2D eigenvalue weighted by atomic mass is 10.2. The van der Waals surface area contributed by atoms with Gasteiger partial charge in [0.15, 0.2) is 0 Å². The molecule has 14 heavy (non-hydrogen) atoms. The number of hydrogen-bond donors (Lipinski definition) is 2. The van der Waals surface area contributed by atoms with Gasteiger partial charge in [-0.1, -0.05) is 6.07 Å². The van der Waals surface area contributed by atoms with Crippen molar-refractivity contribution in [3.8, 4) is 10.6 Å². The molecule has 0 fully saturated rings. The molecule has 0 aliphatic heterocycles. The molecule has 0 bridgehead atoms. The van der Waals surface area contributed by atoms with Crippen LogP contribution in [-0.4, -0.2) is 23.8 Å². The lowest BCUT2D eigenvalue weighted by Crippen LogP contribution is -2.10. The molecule has 0 atom stereocenters. The topological polar surface area (TPSA) is 40.7 Å². The molecule has 2 rings (SSSR count). The number of H-pyrrole nitrogens is 1. The Morgan fingerprint density at radius 3 is 3.21 bits per heavy atom. The van der Waals surface area contributed by atoms with Crippen LogP contribution in [0.25, 0.3) is 10.6 Å². The molecule has 0 aliphatic carbocycles. The minimum absolute atomic E-state index is 0.978. The molecule has 0 aromatic carbocycles. The fraction of sp³-hybridized carbons (Fsp3) is 0.300. The molecule has 0 amide bonds. The van der Waals surface area contributed by atoms with Gasteiger partial charge in [0.2, 0.25) is 0 Å². The van der Waals surface area contributed by atoms with E-state index in [1.807, 2.05) is 13.1 Å². The highest BCUT2D eigenvalue weighted by Gasteiger charge is 2.03. The Morgan fingerprint density at radius 2 is 2.50 bits per heavy atom. The predicted molar refractivity (Wildman–Crippen MR) is 59.5 cm³/mol. The normalized spacial score (nSPS) is 10.6. The van der Waals surface area contributed by atoms with E-state index in [9.17, 15) is 0 Å². The van der Waals surface area contributed by atoms with Crippen LogP contribution in [0.2, 0.25) is 0 Å². The number of likely N-dealkylation sites (N-methyl/N-ethyl adjacent to an activating group) is 1. The van der Waals surface area contributed by atoms with E-state index in [0.717, 1.165) is 18.7 Å². The summed E-state index contributed by atoms with van der Waals surface area (Å²) in [5.74, 6) is 0. The van der Waals surface area contributed by atoms with Gasteiger partial charge in [-0.2, -0.15) is 5.10 Å². The molecule has 0 unspecified atom stereocenters. The zero-order valence-corrected chi connectivity index (χ0v) is 8.90. The molecular weight excluding hydrogens is 194 g/mol. The van der Waals surface area contributed by atoms with E-state index in [-0.39, 0.29) is 0 Å². The molecular formula is C10H13N3S. The van der Waals surface area contributed by atoms with Crippen LogP contribution in [0.15, 0.2) is 23.6 Å². The van der Waals surface area contributed by atoms with Crippen LogP contribution in [0, 0.1) is 0 Å². The van der Waals surface area contributed by atoms with Crippen LogP contribution in [0.5, 0.6) is 0 Å². The zero-order valence-electron chi connectivity index (χ0n) is 8.08. The van der Waals surface area contributed by atoms with Gasteiger partial charge >= 0.3 is 0 Å². The first-order valence-corrected chi connectivity index (χ1v) is 5.51. The average molecular weight is 207 g/mol. The lowest BCUT2D eigenvalue weighted by Gasteiger charge is -1.93. The molecule has 3 nitrogen and oxygen atoms in total. The summed E-state index contributed by atoms with van der Waals surface area (Å²) in [6, 6.07) is 6.24. The quantitative estimate of drug-likeness (QED) is 0.804. The van der Waals surface area contributed by atoms with Crippen molar-refractivity contribution in [2.45, 2.75) is 6.42 Å². The van der Waals surface area contributed by atoms with Crippen LogP contribution in [-0.2, 0) is 6.42 Å². The van der Waals surface area contributed by atoms with E-state index < -0.39 is 0 Å². The molecule has 74 valence electrons. The third-order valence-corrected chi connectivity index (χ3v) is 2.94. The Bertz CT molecular complexity index is 378. The largest absolute Gasteiger partial charge is 0.319 e. The summed E-state index contributed by atoms with van der Waals surface area (Å²) in [5, 5.41) is 12.5. The molecule has 2 N–H and O–H groups in total. The van der Waals surface area contributed by atoms with Crippen LogP contribution >= 0.6 is 11.3 Å². The summed E-state index contributed by atoms with van der Waals surface area (Å²) in [6.45, 7) is 0.978. The fourth-order valence-corrected chi connectivity index (χ4v) is 1.99. The van der Waals surface area contributed by atoms with Crippen molar-refractivity contribution in [2.75, 3.05) is 13.6 Å². The van der Waals surface area contributed by atoms with E-state index in [1.165, 1.54) is 10.6 Å². The molecule has 0 saturated carbocycles. The molecule has 2 aromatic heterocycles. The van der Waals surface area contributed by atoms with Gasteiger partial charge in [0.05, 0.1) is 4.88 Å².